The van der Waals surface area contributed by atoms with E-state index in [0.29, 0.717) is 0 Å². The first-order valence-corrected chi connectivity index (χ1v) is 16.1. The van der Waals surface area contributed by atoms with Crippen LogP contribution in [0.5, 0.6) is 0 Å². The van der Waals surface area contributed by atoms with Crippen molar-refractivity contribution in [2.45, 2.75) is 117 Å². The average molecular weight is 514 g/mol. The zero-order chi connectivity index (χ0) is 24.7. The molecule has 3 rings (SSSR count). The zero-order valence-electron chi connectivity index (χ0n) is 22.3. The van der Waals surface area contributed by atoms with E-state index in [1.165, 1.54) is 141 Å². The summed E-state index contributed by atoms with van der Waals surface area (Å²) in [7, 11) is 0. The number of rotatable bonds is 20. The minimum absolute atomic E-state index is 0.823. The van der Waals surface area contributed by atoms with E-state index in [9.17, 15) is 4.79 Å². The smallest absolute Gasteiger partial charge is 0.160 e. The fourth-order valence-corrected chi connectivity index (χ4v) is 7.05. The SMILES string of the molecule is CCCCCCCCCCN(CCCCCCCCCC)c1cc2cc3sc(C=O)cc3cc2s1. The van der Waals surface area contributed by atoms with Gasteiger partial charge >= 0.3 is 0 Å². The Labute approximate surface area is 222 Å². The second-order valence-electron chi connectivity index (χ2n) is 10.2. The van der Waals surface area contributed by atoms with Crippen molar-refractivity contribution in [2.75, 3.05) is 18.0 Å². The molecule has 0 bridgehead atoms. The molecule has 0 fully saturated rings. The van der Waals surface area contributed by atoms with Crippen LogP contribution in [0.3, 0.4) is 0 Å². The number of hydrogen-bond donors (Lipinski definition) is 0. The molecule has 2 aromatic heterocycles. The summed E-state index contributed by atoms with van der Waals surface area (Å²) in [5, 5.41) is 3.96. The molecule has 0 aliphatic carbocycles. The molecule has 4 heteroatoms. The van der Waals surface area contributed by atoms with Crippen LogP contribution in [-0.2, 0) is 0 Å². The summed E-state index contributed by atoms with van der Waals surface area (Å²) in [4.78, 5) is 14.7. The summed E-state index contributed by atoms with van der Waals surface area (Å²) in [6, 6.07) is 9.00. The van der Waals surface area contributed by atoms with Gasteiger partial charge in [-0.05, 0) is 47.9 Å². The molecule has 1 aromatic carbocycles. The monoisotopic (exact) mass is 513 g/mol. The van der Waals surface area contributed by atoms with E-state index in [4.69, 9.17) is 0 Å². The number of nitrogens with zero attached hydrogens (tertiary/aromatic N) is 1. The molecule has 194 valence electrons. The Hall–Kier alpha value is -1.39. The first kappa shape index (κ1) is 28.2. The van der Waals surface area contributed by atoms with Crippen LogP contribution in [0.15, 0.2) is 24.3 Å². The third kappa shape index (κ3) is 9.53. The minimum Gasteiger partial charge on any atom is -0.363 e. The lowest BCUT2D eigenvalue weighted by atomic mass is 10.1. The first-order valence-electron chi connectivity index (χ1n) is 14.4. The van der Waals surface area contributed by atoms with Crippen LogP contribution in [-0.4, -0.2) is 19.4 Å². The highest BCUT2D eigenvalue weighted by atomic mass is 32.1. The van der Waals surface area contributed by atoms with Gasteiger partial charge in [0, 0.05) is 22.5 Å². The molecule has 2 heterocycles. The van der Waals surface area contributed by atoms with E-state index in [1.807, 2.05) is 17.4 Å². The van der Waals surface area contributed by atoms with Gasteiger partial charge in [0.2, 0.25) is 0 Å². The van der Waals surface area contributed by atoms with Gasteiger partial charge in [0.15, 0.2) is 6.29 Å². The first-order chi connectivity index (χ1) is 17.2. The second-order valence-corrected chi connectivity index (χ2v) is 12.4. The van der Waals surface area contributed by atoms with Gasteiger partial charge in [0.25, 0.3) is 0 Å². The molecule has 0 aliphatic rings. The summed E-state index contributed by atoms with van der Waals surface area (Å²) in [6.45, 7) is 6.95. The standard InChI is InChI=1S/C31H47NOS2/c1-3-5-7-9-11-13-15-17-19-32(20-18-16-14-12-10-8-6-4-2)31-24-27-23-29-26(22-30(27)35-31)21-28(25-33)34-29/h21-25H,3-20H2,1-2H3. The summed E-state index contributed by atoms with van der Waals surface area (Å²) in [5.41, 5.74) is 0. The van der Waals surface area contributed by atoms with Crippen LogP contribution >= 0.6 is 22.7 Å². The summed E-state index contributed by atoms with van der Waals surface area (Å²) < 4.78 is 2.57. The Balaban J connectivity index is 1.54. The number of carbonyl (C=O) groups is 1. The molecule has 35 heavy (non-hydrogen) atoms. The average Bonchev–Trinajstić information content (AvgIpc) is 3.47. The van der Waals surface area contributed by atoms with Gasteiger partial charge in [-0.1, -0.05) is 104 Å². The minimum atomic E-state index is 0.823. The Bertz CT molecular complexity index is 918. The molecule has 0 N–H and O–H groups in total. The highest BCUT2D eigenvalue weighted by Gasteiger charge is 2.12. The van der Waals surface area contributed by atoms with Gasteiger partial charge in [-0.2, -0.15) is 0 Å². The lowest BCUT2D eigenvalue weighted by Gasteiger charge is -2.23. The molecule has 0 saturated carbocycles. The second kappa shape index (κ2) is 16.4. The maximum absolute atomic E-state index is 11.2. The summed E-state index contributed by atoms with van der Waals surface area (Å²) in [5.74, 6) is 0. The highest BCUT2D eigenvalue weighted by Crippen LogP contribution is 2.37. The molecule has 0 atom stereocenters. The van der Waals surface area contributed by atoms with Crippen LogP contribution in [0.2, 0.25) is 0 Å². The molecule has 0 spiro atoms. The van der Waals surface area contributed by atoms with Crippen molar-refractivity contribution in [3.63, 3.8) is 0 Å². The summed E-state index contributed by atoms with van der Waals surface area (Å²) >= 11 is 3.54. The molecule has 0 radical (unpaired) electrons. The number of benzene rings is 1. The summed E-state index contributed by atoms with van der Waals surface area (Å²) in [6.07, 6.45) is 23.0. The van der Waals surface area contributed by atoms with E-state index in [-0.39, 0.29) is 0 Å². The van der Waals surface area contributed by atoms with Gasteiger partial charge in [0.05, 0.1) is 9.88 Å². The quantitative estimate of drug-likeness (QED) is 0.111. The normalized spacial score (nSPS) is 11.6. The molecule has 2 nitrogen and oxygen atoms in total. The predicted molar refractivity (Wildman–Crippen MR) is 160 cm³/mol. The Morgan fingerprint density at radius 1 is 0.600 bits per heavy atom. The number of fused-ring (bicyclic) bond motifs is 2. The van der Waals surface area contributed by atoms with Crippen LogP contribution in [0, 0.1) is 0 Å². The van der Waals surface area contributed by atoms with Crippen molar-refractivity contribution >= 4 is 54.1 Å². The molecule has 3 aromatic rings. The number of aldehydes is 1. The van der Waals surface area contributed by atoms with Gasteiger partial charge in [-0.15, -0.1) is 22.7 Å². The maximum atomic E-state index is 11.2. The number of anilines is 1. The van der Waals surface area contributed by atoms with Crippen molar-refractivity contribution < 1.29 is 4.79 Å². The van der Waals surface area contributed by atoms with Crippen molar-refractivity contribution in [3.8, 4) is 0 Å². The van der Waals surface area contributed by atoms with E-state index in [0.717, 1.165) is 11.2 Å². The van der Waals surface area contributed by atoms with Crippen LogP contribution in [0.25, 0.3) is 20.2 Å². The Kier molecular flexibility index (Phi) is 13.2. The number of carbonyl (C=O) groups excluding carboxylic acids is 1. The van der Waals surface area contributed by atoms with E-state index >= 15 is 0 Å². The van der Waals surface area contributed by atoms with Gasteiger partial charge in [0.1, 0.15) is 0 Å². The molecule has 0 saturated heterocycles. The van der Waals surface area contributed by atoms with Gasteiger partial charge < -0.3 is 4.90 Å². The topological polar surface area (TPSA) is 20.3 Å². The third-order valence-electron chi connectivity index (χ3n) is 7.15. The van der Waals surface area contributed by atoms with Crippen LogP contribution < -0.4 is 4.90 Å². The lowest BCUT2D eigenvalue weighted by molar-refractivity contribution is 0.112. The third-order valence-corrected chi connectivity index (χ3v) is 9.33. The fourth-order valence-electron chi connectivity index (χ4n) is 5.00. The number of thiophene rings is 2. The predicted octanol–water partition coefficient (Wildman–Crippen LogP) is 11.0. The molecular weight excluding hydrogens is 466 g/mol. The molecule has 0 amide bonds. The van der Waals surface area contributed by atoms with E-state index in [1.54, 1.807) is 11.3 Å². The van der Waals surface area contributed by atoms with Crippen molar-refractivity contribution in [3.05, 3.63) is 29.1 Å². The van der Waals surface area contributed by atoms with Crippen molar-refractivity contribution in [1.29, 1.82) is 0 Å². The van der Waals surface area contributed by atoms with Crippen molar-refractivity contribution in [1.82, 2.24) is 0 Å². The fraction of sp³-hybridized carbons (Fsp3) is 0.645. The van der Waals surface area contributed by atoms with Crippen molar-refractivity contribution in [2.24, 2.45) is 0 Å². The lowest BCUT2D eigenvalue weighted by Crippen LogP contribution is -2.24. The van der Waals surface area contributed by atoms with Gasteiger partial charge in [-0.25, -0.2) is 0 Å². The Morgan fingerprint density at radius 2 is 1.06 bits per heavy atom. The molecular formula is C31H47NOS2. The molecule has 0 aliphatic heterocycles. The molecule has 0 unspecified atom stereocenters. The highest BCUT2D eigenvalue weighted by molar-refractivity contribution is 7.23. The van der Waals surface area contributed by atoms with E-state index < -0.39 is 0 Å². The maximum Gasteiger partial charge on any atom is 0.160 e. The number of hydrogen-bond acceptors (Lipinski definition) is 4. The van der Waals surface area contributed by atoms with Crippen LogP contribution in [0.1, 0.15) is 126 Å². The van der Waals surface area contributed by atoms with E-state index in [2.05, 4.69) is 36.9 Å². The zero-order valence-corrected chi connectivity index (χ0v) is 23.9. The number of unbranched alkanes of at least 4 members (excludes halogenated alkanes) is 14. The largest absolute Gasteiger partial charge is 0.363 e. The van der Waals surface area contributed by atoms with Crippen LogP contribution in [0.4, 0.5) is 5.00 Å². The Morgan fingerprint density at radius 3 is 1.57 bits per heavy atom. The van der Waals surface area contributed by atoms with Gasteiger partial charge in [-0.3, -0.25) is 4.79 Å².